The zero-order chi connectivity index (χ0) is 29.8. The predicted octanol–water partition coefficient (Wildman–Crippen LogP) is 4.99. The Bertz CT molecular complexity index is 1230. The summed E-state index contributed by atoms with van der Waals surface area (Å²) >= 11 is 5.41. The summed E-state index contributed by atoms with van der Waals surface area (Å²) in [6.45, 7) is 5.91. The van der Waals surface area contributed by atoms with Gasteiger partial charge in [-0.05, 0) is 69.7 Å². The van der Waals surface area contributed by atoms with E-state index in [0.717, 1.165) is 18.2 Å². The number of anilines is 2. The lowest BCUT2D eigenvalue weighted by atomic mass is 9.91. The number of nitrogens with two attached hydrogens (primary N) is 1. The van der Waals surface area contributed by atoms with Crippen LogP contribution in [-0.2, 0) is 27.8 Å². The van der Waals surface area contributed by atoms with Gasteiger partial charge in [0.2, 0.25) is 0 Å². The van der Waals surface area contributed by atoms with Crippen LogP contribution in [0.15, 0.2) is 36.4 Å². The van der Waals surface area contributed by atoms with Crippen molar-refractivity contribution in [3.63, 3.8) is 0 Å². The summed E-state index contributed by atoms with van der Waals surface area (Å²) in [5, 5.41) is 8.19. The molecule has 0 aliphatic carbocycles. The van der Waals surface area contributed by atoms with E-state index in [2.05, 4.69) is 16.0 Å². The van der Waals surface area contributed by atoms with E-state index < -0.39 is 40.5 Å². The van der Waals surface area contributed by atoms with Crippen molar-refractivity contribution in [2.45, 2.75) is 46.0 Å². The normalized spacial score (nSPS) is 13.2. The number of alkyl halides is 3. The topological polar surface area (TPSA) is 109 Å². The van der Waals surface area contributed by atoms with E-state index in [1.165, 1.54) is 44.1 Å². The fourth-order valence-electron chi connectivity index (χ4n) is 3.31. The second kappa shape index (κ2) is 12.1. The highest BCUT2D eigenvalue weighted by Crippen LogP contribution is 2.33. The Kier molecular flexibility index (Phi) is 9.77. The molecule has 8 nitrogen and oxygen atoms in total. The molecule has 0 saturated heterocycles. The lowest BCUT2D eigenvalue weighted by Gasteiger charge is -2.33. The monoisotopic (exact) mass is 571 g/mol. The molecule has 0 radical (unpaired) electrons. The van der Waals surface area contributed by atoms with Gasteiger partial charge in [0, 0.05) is 26.2 Å². The minimum absolute atomic E-state index is 0.0118. The predicted molar refractivity (Wildman–Crippen MR) is 145 cm³/mol. The van der Waals surface area contributed by atoms with E-state index in [0.29, 0.717) is 0 Å². The van der Waals surface area contributed by atoms with Crippen molar-refractivity contribution in [2.24, 2.45) is 5.41 Å². The van der Waals surface area contributed by atoms with Crippen molar-refractivity contribution in [1.82, 2.24) is 15.5 Å². The van der Waals surface area contributed by atoms with Gasteiger partial charge in [0.15, 0.2) is 5.11 Å². The standard InChI is InChI=1S/C26H33F4N5O3S/c1-24(2,3)21(36)38-14-25(4,15-8-7-9-16(12-15)26(28,29)30)34-22(39)33-19-11-10-18(27)17(20(19)31)13-32-23(37)35(5)6/h7-12H,13-14,31H2,1-6H3,(H,32,37)(H2,33,34,39). The second-order valence-electron chi connectivity index (χ2n) is 10.4. The van der Waals surface area contributed by atoms with E-state index in [-0.39, 0.29) is 40.8 Å². The number of esters is 1. The Labute approximate surface area is 230 Å². The molecule has 0 fully saturated rings. The van der Waals surface area contributed by atoms with Gasteiger partial charge >= 0.3 is 18.2 Å². The van der Waals surface area contributed by atoms with E-state index in [1.807, 2.05) is 0 Å². The molecule has 0 aliphatic heterocycles. The molecule has 0 saturated carbocycles. The molecule has 0 heterocycles. The van der Waals surface area contributed by atoms with Crippen LogP contribution >= 0.6 is 12.2 Å². The van der Waals surface area contributed by atoms with Crippen LogP contribution in [0.5, 0.6) is 0 Å². The number of urea groups is 1. The summed E-state index contributed by atoms with van der Waals surface area (Å²) in [5.74, 6) is -1.22. The van der Waals surface area contributed by atoms with Gasteiger partial charge in [0.05, 0.1) is 27.9 Å². The number of thiocarbonyl (C=S) groups is 1. The molecule has 2 aromatic carbocycles. The third kappa shape index (κ3) is 8.44. The molecule has 214 valence electrons. The van der Waals surface area contributed by atoms with Crippen molar-refractivity contribution in [2.75, 3.05) is 31.8 Å². The lowest BCUT2D eigenvalue weighted by Crippen LogP contribution is -2.49. The number of hydrogen-bond acceptors (Lipinski definition) is 5. The van der Waals surface area contributed by atoms with Crippen LogP contribution < -0.4 is 21.7 Å². The summed E-state index contributed by atoms with van der Waals surface area (Å²) in [4.78, 5) is 25.6. The van der Waals surface area contributed by atoms with Crippen molar-refractivity contribution in [1.29, 1.82) is 0 Å². The van der Waals surface area contributed by atoms with E-state index in [9.17, 15) is 27.2 Å². The molecule has 2 rings (SSSR count). The number of amides is 2. The summed E-state index contributed by atoms with van der Waals surface area (Å²) in [6.07, 6.45) is -4.60. The van der Waals surface area contributed by atoms with Gasteiger partial charge in [-0.25, -0.2) is 9.18 Å². The minimum Gasteiger partial charge on any atom is -0.462 e. The van der Waals surface area contributed by atoms with Gasteiger partial charge < -0.3 is 31.3 Å². The van der Waals surface area contributed by atoms with Crippen molar-refractivity contribution < 1.29 is 31.9 Å². The SMILES string of the molecule is CN(C)C(=O)NCc1c(F)ccc(NC(=S)NC(C)(COC(=O)C(C)(C)C)c2cccc(C(F)(F)F)c2)c1N. The van der Waals surface area contributed by atoms with Crippen LogP contribution in [0.25, 0.3) is 0 Å². The molecule has 1 atom stereocenters. The molecule has 13 heteroatoms. The Morgan fingerprint density at radius 2 is 1.67 bits per heavy atom. The first-order chi connectivity index (χ1) is 17.8. The van der Waals surface area contributed by atoms with Crippen LogP contribution in [0.3, 0.4) is 0 Å². The molecular weight excluding hydrogens is 538 g/mol. The number of halogens is 4. The van der Waals surface area contributed by atoms with Gasteiger partial charge in [0.1, 0.15) is 12.4 Å². The van der Waals surface area contributed by atoms with Crippen LogP contribution in [0.1, 0.15) is 44.4 Å². The summed E-state index contributed by atoms with van der Waals surface area (Å²) in [7, 11) is 3.05. The Morgan fingerprint density at radius 3 is 2.23 bits per heavy atom. The zero-order valence-electron chi connectivity index (χ0n) is 22.5. The Hall–Kier alpha value is -3.61. The zero-order valence-corrected chi connectivity index (χ0v) is 23.4. The lowest BCUT2D eigenvalue weighted by molar-refractivity contribution is -0.155. The summed E-state index contributed by atoms with van der Waals surface area (Å²) in [5.41, 5.74) is 3.33. The van der Waals surface area contributed by atoms with Crippen LogP contribution in [0.4, 0.5) is 33.7 Å². The number of nitrogens with zero attached hydrogens (tertiary/aromatic N) is 1. The molecule has 2 aromatic rings. The third-order valence-corrected chi connectivity index (χ3v) is 5.90. The third-order valence-electron chi connectivity index (χ3n) is 5.69. The van der Waals surface area contributed by atoms with Gasteiger partial charge in [0.25, 0.3) is 0 Å². The van der Waals surface area contributed by atoms with Crippen LogP contribution in [0, 0.1) is 11.2 Å². The van der Waals surface area contributed by atoms with Gasteiger partial charge in [-0.2, -0.15) is 13.2 Å². The number of ether oxygens (including phenoxy) is 1. The molecule has 0 bridgehead atoms. The van der Waals surface area contributed by atoms with E-state index in [1.54, 1.807) is 20.8 Å². The molecule has 0 aromatic heterocycles. The first-order valence-electron chi connectivity index (χ1n) is 11.8. The number of nitrogen functional groups attached to an aromatic ring is 1. The fraction of sp³-hybridized carbons (Fsp3) is 0.423. The maximum absolute atomic E-state index is 14.5. The first kappa shape index (κ1) is 31.6. The highest BCUT2D eigenvalue weighted by atomic mass is 32.1. The Balaban J connectivity index is 2.36. The van der Waals surface area contributed by atoms with E-state index >= 15 is 0 Å². The average Bonchev–Trinajstić information content (AvgIpc) is 2.83. The smallest absolute Gasteiger partial charge is 0.416 e. The number of rotatable bonds is 7. The second-order valence-corrected chi connectivity index (χ2v) is 10.8. The van der Waals surface area contributed by atoms with Crippen LogP contribution in [-0.4, -0.2) is 42.7 Å². The molecule has 1 unspecified atom stereocenters. The molecule has 2 amide bonds. The van der Waals surface area contributed by atoms with Gasteiger partial charge in [-0.1, -0.05) is 12.1 Å². The fourth-order valence-corrected chi connectivity index (χ4v) is 3.64. The minimum atomic E-state index is -4.60. The van der Waals surface area contributed by atoms with E-state index in [4.69, 9.17) is 22.7 Å². The molecule has 5 N–H and O–H groups in total. The maximum Gasteiger partial charge on any atom is 0.416 e. The molecule has 0 aliphatic rings. The highest BCUT2D eigenvalue weighted by Gasteiger charge is 2.36. The number of benzene rings is 2. The highest BCUT2D eigenvalue weighted by molar-refractivity contribution is 7.80. The molecule has 39 heavy (non-hydrogen) atoms. The Morgan fingerprint density at radius 1 is 1.05 bits per heavy atom. The maximum atomic E-state index is 14.5. The number of carbonyl (C=O) groups excluding carboxylic acids is 2. The molecule has 0 spiro atoms. The van der Waals surface area contributed by atoms with Crippen molar-refractivity contribution in [3.05, 3.63) is 58.9 Å². The van der Waals surface area contributed by atoms with Crippen molar-refractivity contribution in [3.8, 4) is 0 Å². The largest absolute Gasteiger partial charge is 0.462 e. The van der Waals surface area contributed by atoms with Crippen molar-refractivity contribution >= 4 is 40.7 Å². The van der Waals surface area contributed by atoms with Gasteiger partial charge in [-0.3, -0.25) is 4.79 Å². The average molecular weight is 572 g/mol. The molecular formula is C26H33F4N5O3S. The van der Waals surface area contributed by atoms with Crippen LogP contribution in [0.2, 0.25) is 0 Å². The first-order valence-corrected chi connectivity index (χ1v) is 12.2. The quantitative estimate of drug-likeness (QED) is 0.161. The number of hydrogen-bond donors (Lipinski definition) is 4. The summed E-state index contributed by atoms with van der Waals surface area (Å²) < 4.78 is 60.2. The number of nitrogens with one attached hydrogen (secondary N) is 3. The summed E-state index contributed by atoms with van der Waals surface area (Å²) in [6, 6.07) is 6.58. The van der Waals surface area contributed by atoms with Gasteiger partial charge in [-0.15, -0.1) is 0 Å². The number of carbonyl (C=O) groups is 2.